The van der Waals surface area contributed by atoms with Crippen LogP contribution in [0, 0.1) is 0 Å². The first-order valence-corrected chi connectivity index (χ1v) is 15.6. The van der Waals surface area contributed by atoms with Crippen molar-refractivity contribution in [1.29, 1.82) is 0 Å². The number of ether oxygens (including phenoxy) is 7. The number of esters is 1. The zero-order chi connectivity index (χ0) is 31.3. The average molecular weight is 621 g/mol. The minimum Gasteiger partial charge on any atom is -0.493 e. The van der Waals surface area contributed by atoms with E-state index in [1.54, 1.807) is 19.1 Å². The molecule has 3 heterocycles. The van der Waals surface area contributed by atoms with Gasteiger partial charge in [0.2, 0.25) is 6.79 Å². The molecule has 11 nitrogen and oxygen atoms in total. The molecule has 45 heavy (non-hydrogen) atoms. The molecule has 0 bridgehead atoms. The Kier molecular flexibility index (Phi) is 9.34. The first kappa shape index (κ1) is 30.6. The van der Waals surface area contributed by atoms with Gasteiger partial charge in [-0.1, -0.05) is 18.9 Å². The van der Waals surface area contributed by atoms with E-state index in [0.29, 0.717) is 60.6 Å². The molecule has 1 amide bonds. The number of nitrogens with zero attached hydrogens (tertiary/aromatic N) is 2. The summed E-state index contributed by atoms with van der Waals surface area (Å²) < 4.78 is 39.6. The number of hydrogen-bond donors (Lipinski definition) is 0. The highest BCUT2D eigenvalue weighted by atomic mass is 16.7. The van der Waals surface area contributed by atoms with Crippen LogP contribution in [0.1, 0.15) is 48.5 Å². The maximum atomic E-state index is 13.2. The summed E-state index contributed by atoms with van der Waals surface area (Å²) in [6, 6.07) is 9.46. The van der Waals surface area contributed by atoms with Crippen LogP contribution >= 0.6 is 0 Å². The van der Waals surface area contributed by atoms with E-state index in [4.69, 9.17) is 33.2 Å². The summed E-state index contributed by atoms with van der Waals surface area (Å²) in [5, 5.41) is 1.61. The highest BCUT2D eigenvalue weighted by molar-refractivity contribution is 6.14. The number of carbonyl (C=O) groups is 2. The maximum absolute atomic E-state index is 13.2. The van der Waals surface area contributed by atoms with E-state index >= 15 is 0 Å². The van der Waals surface area contributed by atoms with Crippen molar-refractivity contribution >= 4 is 22.8 Å². The molecule has 0 unspecified atom stereocenters. The van der Waals surface area contributed by atoms with Crippen molar-refractivity contribution in [3.8, 4) is 39.9 Å². The van der Waals surface area contributed by atoms with Gasteiger partial charge >= 0.3 is 12.1 Å². The van der Waals surface area contributed by atoms with Gasteiger partial charge in [-0.2, -0.15) is 0 Å². The molecular weight excluding hydrogens is 580 g/mol. The fourth-order valence-electron chi connectivity index (χ4n) is 6.26. The summed E-state index contributed by atoms with van der Waals surface area (Å²) >= 11 is 0. The second-order valence-corrected chi connectivity index (χ2v) is 11.2. The molecule has 0 atom stereocenters. The van der Waals surface area contributed by atoms with E-state index in [9.17, 15) is 9.59 Å². The Balaban J connectivity index is 1.15. The van der Waals surface area contributed by atoms with Crippen molar-refractivity contribution in [3.05, 3.63) is 41.5 Å². The lowest BCUT2D eigenvalue weighted by Gasteiger charge is -2.34. The number of rotatable bonds is 12. The van der Waals surface area contributed by atoms with Crippen LogP contribution in [0.3, 0.4) is 0 Å². The largest absolute Gasteiger partial charge is 0.493 e. The van der Waals surface area contributed by atoms with Crippen LogP contribution in [0.5, 0.6) is 28.7 Å². The number of unbranched alkanes of at least 4 members (excludes halogenated alkanes) is 3. The smallest absolute Gasteiger partial charge is 0.409 e. The highest BCUT2D eigenvalue weighted by Crippen LogP contribution is 2.49. The van der Waals surface area contributed by atoms with E-state index in [0.717, 1.165) is 72.8 Å². The van der Waals surface area contributed by atoms with Crippen LogP contribution in [-0.2, 0) is 16.1 Å². The quantitative estimate of drug-likeness (QED) is 0.187. The van der Waals surface area contributed by atoms with E-state index < -0.39 is 0 Å². The second-order valence-electron chi connectivity index (χ2n) is 11.2. The molecule has 3 aromatic carbocycles. The number of carbonyl (C=O) groups excluding carboxylic acids is 2. The molecule has 0 N–H and O–H groups in total. The SMILES string of the molecule is CCOC(=O)N1CCN(CCCCCCOc2c3c(c(-c4ccc5c(c4)OCO5)c4cc(OC)c(OC)cc24)C(=O)OC3)CC1. The fraction of sp³-hybridized carbons (Fsp3) is 0.471. The van der Waals surface area contributed by atoms with Gasteiger partial charge in [0.25, 0.3) is 0 Å². The van der Waals surface area contributed by atoms with Gasteiger partial charge < -0.3 is 38.1 Å². The van der Waals surface area contributed by atoms with Crippen LogP contribution in [0.15, 0.2) is 30.3 Å². The summed E-state index contributed by atoms with van der Waals surface area (Å²) in [7, 11) is 3.19. The van der Waals surface area contributed by atoms with Gasteiger partial charge in [0.15, 0.2) is 23.0 Å². The van der Waals surface area contributed by atoms with E-state index in [1.807, 2.05) is 37.3 Å². The number of piperazine rings is 1. The van der Waals surface area contributed by atoms with E-state index in [-0.39, 0.29) is 25.5 Å². The Hall–Kier alpha value is -4.38. The normalized spacial score (nSPS) is 15.6. The zero-order valence-electron chi connectivity index (χ0n) is 26.1. The molecule has 3 aliphatic heterocycles. The van der Waals surface area contributed by atoms with Gasteiger partial charge in [0.1, 0.15) is 12.4 Å². The molecule has 1 saturated heterocycles. The monoisotopic (exact) mass is 620 g/mol. The van der Waals surface area contributed by atoms with Crippen LogP contribution in [0.2, 0.25) is 0 Å². The summed E-state index contributed by atoms with van der Waals surface area (Å²) in [6.07, 6.45) is 3.84. The standard InChI is InChI=1S/C34H40N2O9/c1-4-41-34(38)36-14-12-35(13-15-36)11-7-5-6-8-16-42-32-24-19-28(40-3)27(39-2)18-23(24)30(31-25(32)20-43-33(31)37)22-9-10-26-29(17-22)45-21-44-26/h9-10,17-19H,4-8,11-16,20-21H2,1-3H3. The van der Waals surface area contributed by atoms with Gasteiger partial charge in [-0.05, 0) is 61.5 Å². The van der Waals surface area contributed by atoms with Gasteiger partial charge in [-0.25, -0.2) is 9.59 Å². The predicted molar refractivity (Wildman–Crippen MR) is 167 cm³/mol. The van der Waals surface area contributed by atoms with Crippen molar-refractivity contribution in [2.45, 2.75) is 39.2 Å². The number of cyclic esters (lactones) is 1. The third-order valence-electron chi connectivity index (χ3n) is 8.59. The first-order chi connectivity index (χ1) is 22.0. The average Bonchev–Trinajstić information content (AvgIpc) is 3.69. The minimum atomic E-state index is -0.387. The summed E-state index contributed by atoms with van der Waals surface area (Å²) in [5.74, 6) is 2.66. The summed E-state index contributed by atoms with van der Waals surface area (Å²) in [5.41, 5.74) is 2.76. The second kappa shape index (κ2) is 13.7. The number of methoxy groups -OCH3 is 2. The molecular formula is C34H40N2O9. The fourth-order valence-corrected chi connectivity index (χ4v) is 6.26. The lowest BCUT2D eigenvalue weighted by atomic mass is 9.89. The Morgan fingerprint density at radius 1 is 0.844 bits per heavy atom. The van der Waals surface area contributed by atoms with Crippen LogP contribution in [0.25, 0.3) is 21.9 Å². The first-order valence-electron chi connectivity index (χ1n) is 15.6. The number of hydrogen-bond acceptors (Lipinski definition) is 10. The zero-order valence-corrected chi connectivity index (χ0v) is 26.1. The maximum Gasteiger partial charge on any atom is 0.409 e. The van der Waals surface area contributed by atoms with Crippen molar-refractivity contribution in [1.82, 2.24) is 9.80 Å². The molecule has 0 saturated carbocycles. The van der Waals surface area contributed by atoms with Crippen LogP contribution in [-0.4, -0.2) is 88.8 Å². The number of benzene rings is 3. The Morgan fingerprint density at radius 2 is 1.58 bits per heavy atom. The molecule has 3 aromatic rings. The summed E-state index contributed by atoms with van der Waals surface area (Å²) in [6.45, 7) is 7.21. The van der Waals surface area contributed by atoms with Crippen molar-refractivity contribution in [2.24, 2.45) is 0 Å². The van der Waals surface area contributed by atoms with Crippen molar-refractivity contribution < 1.29 is 42.7 Å². The van der Waals surface area contributed by atoms with Crippen LogP contribution in [0.4, 0.5) is 4.79 Å². The van der Waals surface area contributed by atoms with Crippen molar-refractivity contribution in [2.75, 3.05) is 67.0 Å². The van der Waals surface area contributed by atoms with E-state index in [1.165, 1.54) is 0 Å². The lowest BCUT2D eigenvalue weighted by Crippen LogP contribution is -2.49. The molecule has 1 fully saturated rings. The molecule has 0 aliphatic carbocycles. The molecule has 3 aliphatic rings. The highest BCUT2D eigenvalue weighted by Gasteiger charge is 2.33. The predicted octanol–water partition coefficient (Wildman–Crippen LogP) is 5.64. The van der Waals surface area contributed by atoms with Crippen molar-refractivity contribution in [3.63, 3.8) is 0 Å². The van der Waals surface area contributed by atoms with Gasteiger partial charge in [-0.3, -0.25) is 4.90 Å². The molecule has 0 radical (unpaired) electrons. The van der Waals surface area contributed by atoms with Crippen LogP contribution < -0.4 is 23.7 Å². The Bertz CT molecular complexity index is 1570. The molecule has 0 aromatic heterocycles. The number of amides is 1. The Labute approximate surface area is 262 Å². The van der Waals surface area contributed by atoms with Gasteiger partial charge in [0.05, 0.1) is 33.0 Å². The molecule has 240 valence electrons. The molecule has 11 heteroatoms. The third kappa shape index (κ3) is 6.26. The number of fused-ring (bicyclic) bond motifs is 3. The Morgan fingerprint density at radius 3 is 2.33 bits per heavy atom. The van der Waals surface area contributed by atoms with Gasteiger partial charge in [0, 0.05) is 42.7 Å². The topological polar surface area (TPSA) is 105 Å². The summed E-state index contributed by atoms with van der Waals surface area (Å²) in [4.78, 5) is 29.3. The molecule has 6 rings (SSSR count). The third-order valence-corrected chi connectivity index (χ3v) is 8.59. The van der Waals surface area contributed by atoms with E-state index in [2.05, 4.69) is 4.90 Å². The van der Waals surface area contributed by atoms with Gasteiger partial charge in [-0.15, -0.1) is 0 Å². The molecule has 0 spiro atoms. The minimum absolute atomic E-state index is 0.134. The lowest BCUT2D eigenvalue weighted by molar-refractivity contribution is 0.0534.